The van der Waals surface area contributed by atoms with Crippen LogP contribution in [0.15, 0.2) is 24.3 Å². The quantitative estimate of drug-likeness (QED) is 0.789. The second kappa shape index (κ2) is 7.60. The van der Waals surface area contributed by atoms with Gasteiger partial charge in [-0.2, -0.15) is 0 Å². The minimum absolute atomic E-state index is 0.0922. The van der Waals surface area contributed by atoms with E-state index in [1.54, 1.807) is 0 Å². The second-order valence-electron chi connectivity index (χ2n) is 4.85. The van der Waals surface area contributed by atoms with Gasteiger partial charge in [0.05, 0.1) is 32.5 Å². The number of benzene rings is 1. The van der Waals surface area contributed by atoms with E-state index in [1.807, 2.05) is 0 Å². The van der Waals surface area contributed by atoms with E-state index in [2.05, 4.69) is 36.1 Å². The fourth-order valence-corrected chi connectivity index (χ4v) is 2.40. The molecule has 1 atom stereocenters. The first-order valence-electron chi connectivity index (χ1n) is 6.89. The van der Waals surface area contributed by atoms with Gasteiger partial charge in [0.25, 0.3) is 0 Å². The van der Waals surface area contributed by atoms with Crippen molar-refractivity contribution in [3.05, 3.63) is 35.4 Å². The van der Waals surface area contributed by atoms with Crippen LogP contribution in [0, 0.1) is 6.92 Å². The van der Waals surface area contributed by atoms with E-state index in [0.29, 0.717) is 13.2 Å². The standard InChI is InChI=1S/C15H23NO3/c1-13-4-2-3-5-14(13)15-12-16(7-10-19-15)6-9-18-11-8-17/h2-5,15,17H,6-12H2,1H3. The highest BCUT2D eigenvalue weighted by molar-refractivity contribution is 5.28. The molecule has 1 fully saturated rings. The molecule has 1 N–H and O–H groups in total. The van der Waals surface area contributed by atoms with Gasteiger partial charge in [-0.25, -0.2) is 0 Å². The summed E-state index contributed by atoms with van der Waals surface area (Å²) in [5.41, 5.74) is 2.56. The maximum absolute atomic E-state index is 8.67. The third-order valence-electron chi connectivity index (χ3n) is 3.47. The molecule has 1 unspecified atom stereocenters. The van der Waals surface area contributed by atoms with E-state index in [1.165, 1.54) is 11.1 Å². The number of ether oxygens (including phenoxy) is 2. The minimum atomic E-state index is 0.0922. The van der Waals surface area contributed by atoms with Crippen molar-refractivity contribution >= 4 is 0 Å². The molecule has 0 saturated carbocycles. The van der Waals surface area contributed by atoms with Crippen molar-refractivity contribution in [3.8, 4) is 0 Å². The first kappa shape index (κ1) is 14.5. The van der Waals surface area contributed by atoms with E-state index in [9.17, 15) is 0 Å². The third kappa shape index (κ3) is 4.28. The number of aliphatic hydroxyl groups is 1. The van der Waals surface area contributed by atoms with Gasteiger partial charge in [0.1, 0.15) is 0 Å². The molecule has 2 rings (SSSR count). The molecule has 4 nitrogen and oxygen atoms in total. The first-order valence-corrected chi connectivity index (χ1v) is 6.89. The zero-order valence-electron chi connectivity index (χ0n) is 11.5. The fourth-order valence-electron chi connectivity index (χ4n) is 2.40. The Labute approximate surface area is 114 Å². The normalized spacial score (nSPS) is 20.6. The number of aliphatic hydroxyl groups excluding tert-OH is 1. The molecule has 1 saturated heterocycles. The highest BCUT2D eigenvalue weighted by atomic mass is 16.5. The molecule has 1 aromatic rings. The van der Waals surface area contributed by atoms with Gasteiger partial charge in [-0.3, -0.25) is 4.90 Å². The van der Waals surface area contributed by atoms with Gasteiger partial charge in [0, 0.05) is 19.6 Å². The van der Waals surface area contributed by atoms with Crippen LogP contribution in [0.25, 0.3) is 0 Å². The zero-order valence-corrected chi connectivity index (χ0v) is 11.5. The molecule has 0 radical (unpaired) electrons. The number of rotatable bonds is 6. The highest BCUT2D eigenvalue weighted by Gasteiger charge is 2.22. The largest absolute Gasteiger partial charge is 0.394 e. The average Bonchev–Trinajstić information content (AvgIpc) is 2.44. The number of nitrogens with zero attached hydrogens (tertiary/aromatic N) is 1. The Morgan fingerprint density at radius 1 is 1.37 bits per heavy atom. The molecule has 0 bridgehead atoms. The minimum Gasteiger partial charge on any atom is -0.394 e. The van der Waals surface area contributed by atoms with Crippen molar-refractivity contribution in [2.45, 2.75) is 13.0 Å². The Morgan fingerprint density at radius 2 is 2.21 bits per heavy atom. The predicted octanol–water partition coefficient (Wildman–Crippen LogP) is 1.38. The molecular formula is C15H23NO3. The van der Waals surface area contributed by atoms with Crippen LogP contribution >= 0.6 is 0 Å². The molecule has 19 heavy (non-hydrogen) atoms. The summed E-state index contributed by atoms with van der Waals surface area (Å²) in [6.07, 6.45) is 0.160. The lowest BCUT2D eigenvalue weighted by molar-refractivity contribution is -0.0391. The SMILES string of the molecule is Cc1ccccc1C1CN(CCOCCO)CCO1. The summed E-state index contributed by atoms with van der Waals surface area (Å²) in [7, 11) is 0. The van der Waals surface area contributed by atoms with E-state index in [0.717, 1.165) is 26.2 Å². The summed E-state index contributed by atoms with van der Waals surface area (Å²) in [6.45, 7) is 6.83. The molecule has 0 aliphatic carbocycles. The Hall–Kier alpha value is -0.940. The maximum Gasteiger partial charge on any atom is 0.0954 e. The van der Waals surface area contributed by atoms with Gasteiger partial charge in [0.15, 0.2) is 0 Å². The lowest BCUT2D eigenvalue weighted by atomic mass is 10.0. The van der Waals surface area contributed by atoms with Gasteiger partial charge in [-0.15, -0.1) is 0 Å². The van der Waals surface area contributed by atoms with Crippen LogP contribution in [0.1, 0.15) is 17.2 Å². The Morgan fingerprint density at radius 3 is 3.00 bits per heavy atom. The van der Waals surface area contributed by atoms with E-state index in [4.69, 9.17) is 14.6 Å². The predicted molar refractivity (Wildman–Crippen MR) is 74.2 cm³/mol. The topological polar surface area (TPSA) is 41.9 Å². The van der Waals surface area contributed by atoms with E-state index < -0.39 is 0 Å². The molecule has 1 heterocycles. The van der Waals surface area contributed by atoms with Crippen molar-refractivity contribution in [2.24, 2.45) is 0 Å². The molecule has 1 aromatic carbocycles. The summed E-state index contributed by atoms with van der Waals surface area (Å²) < 4.78 is 11.2. The highest BCUT2D eigenvalue weighted by Crippen LogP contribution is 2.24. The molecule has 106 valence electrons. The number of aryl methyl sites for hydroxylation is 1. The third-order valence-corrected chi connectivity index (χ3v) is 3.47. The molecule has 0 spiro atoms. The molecule has 0 amide bonds. The number of morpholine rings is 1. The fraction of sp³-hybridized carbons (Fsp3) is 0.600. The van der Waals surface area contributed by atoms with Crippen LogP contribution in [-0.4, -0.2) is 56.1 Å². The molecular weight excluding hydrogens is 242 g/mol. The Bertz CT molecular complexity index is 383. The van der Waals surface area contributed by atoms with Crippen LogP contribution in [0.4, 0.5) is 0 Å². The van der Waals surface area contributed by atoms with Crippen molar-refractivity contribution in [1.29, 1.82) is 0 Å². The lowest BCUT2D eigenvalue weighted by Crippen LogP contribution is -2.40. The van der Waals surface area contributed by atoms with Gasteiger partial charge in [0.2, 0.25) is 0 Å². The number of hydrogen-bond donors (Lipinski definition) is 1. The van der Waals surface area contributed by atoms with Gasteiger partial charge < -0.3 is 14.6 Å². The summed E-state index contributed by atoms with van der Waals surface area (Å²) >= 11 is 0. The Balaban J connectivity index is 1.85. The van der Waals surface area contributed by atoms with Gasteiger partial charge in [-0.05, 0) is 18.1 Å². The number of hydrogen-bond acceptors (Lipinski definition) is 4. The van der Waals surface area contributed by atoms with Crippen LogP contribution in [0.3, 0.4) is 0 Å². The van der Waals surface area contributed by atoms with Crippen LogP contribution < -0.4 is 0 Å². The van der Waals surface area contributed by atoms with E-state index in [-0.39, 0.29) is 12.7 Å². The van der Waals surface area contributed by atoms with Crippen molar-refractivity contribution < 1.29 is 14.6 Å². The average molecular weight is 265 g/mol. The van der Waals surface area contributed by atoms with Gasteiger partial charge >= 0.3 is 0 Å². The molecule has 0 aromatic heterocycles. The van der Waals surface area contributed by atoms with Gasteiger partial charge in [-0.1, -0.05) is 24.3 Å². The summed E-state index contributed by atoms with van der Waals surface area (Å²) in [6, 6.07) is 8.39. The van der Waals surface area contributed by atoms with Crippen molar-refractivity contribution in [1.82, 2.24) is 4.90 Å². The molecule has 4 heteroatoms. The smallest absolute Gasteiger partial charge is 0.0954 e. The van der Waals surface area contributed by atoms with Crippen LogP contribution in [0.2, 0.25) is 0 Å². The summed E-state index contributed by atoms with van der Waals surface area (Å²) in [5, 5.41) is 8.67. The summed E-state index contributed by atoms with van der Waals surface area (Å²) in [5.74, 6) is 0. The van der Waals surface area contributed by atoms with E-state index >= 15 is 0 Å². The van der Waals surface area contributed by atoms with Crippen molar-refractivity contribution in [2.75, 3.05) is 46.1 Å². The first-order chi connectivity index (χ1) is 9.31. The monoisotopic (exact) mass is 265 g/mol. The van der Waals surface area contributed by atoms with Crippen molar-refractivity contribution in [3.63, 3.8) is 0 Å². The zero-order chi connectivity index (χ0) is 13.5. The molecule has 1 aliphatic heterocycles. The van der Waals surface area contributed by atoms with Crippen LogP contribution in [0.5, 0.6) is 0 Å². The lowest BCUT2D eigenvalue weighted by Gasteiger charge is -2.33. The summed E-state index contributed by atoms with van der Waals surface area (Å²) in [4.78, 5) is 2.36. The molecule has 1 aliphatic rings. The second-order valence-corrected chi connectivity index (χ2v) is 4.85. The maximum atomic E-state index is 8.67. The van der Waals surface area contributed by atoms with Crippen LogP contribution in [-0.2, 0) is 9.47 Å². The Kier molecular flexibility index (Phi) is 5.79.